The van der Waals surface area contributed by atoms with Crippen LogP contribution in [0.25, 0.3) is 0 Å². The molecule has 3 aromatic rings. The molecule has 0 saturated heterocycles. The number of hydrogen-bond acceptors (Lipinski definition) is 2. The Balaban J connectivity index is 1.58. The van der Waals surface area contributed by atoms with Crippen molar-refractivity contribution in [2.75, 3.05) is 5.32 Å². The van der Waals surface area contributed by atoms with Crippen molar-refractivity contribution in [2.24, 2.45) is 0 Å². The van der Waals surface area contributed by atoms with Gasteiger partial charge in [-0.1, -0.05) is 48.0 Å². The van der Waals surface area contributed by atoms with Crippen molar-refractivity contribution < 1.29 is 9.59 Å². The molecule has 0 spiro atoms. The van der Waals surface area contributed by atoms with Gasteiger partial charge in [-0.15, -0.1) is 0 Å². The van der Waals surface area contributed by atoms with Crippen LogP contribution >= 0.6 is 11.6 Å². The van der Waals surface area contributed by atoms with Gasteiger partial charge < -0.3 is 9.88 Å². The molecule has 0 aliphatic carbocycles. The zero-order valence-corrected chi connectivity index (χ0v) is 15.7. The summed E-state index contributed by atoms with van der Waals surface area (Å²) in [7, 11) is 0. The Hall–Kier alpha value is -2.85. The zero-order valence-electron chi connectivity index (χ0n) is 14.9. The van der Waals surface area contributed by atoms with Gasteiger partial charge in [0, 0.05) is 28.5 Å². The van der Waals surface area contributed by atoms with Gasteiger partial charge in [-0.05, 0) is 43.2 Å². The second kappa shape index (κ2) is 7.05. The summed E-state index contributed by atoms with van der Waals surface area (Å²) in [5.41, 5.74) is 3.73. The minimum absolute atomic E-state index is 0.0198. The molecule has 2 heterocycles. The van der Waals surface area contributed by atoms with Crippen LogP contribution in [-0.4, -0.2) is 16.3 Å². The zero-order chi connectivity index (χ0) is 19.0. The van der Waals surface area contributed by atoms with Crippen LogP contribution in [0.2, 0.25) is 5.02 Å². The van der Waals surface area contributed by atoms with Crippen molar-refractivity contribution in [3.05, 3.63) is 88.2 Å². The minimum Gasteiger partial charge on any atom is -0.341 e. The summed E-state index contributed by atoms with van der Waals surface area (Å²) in [5, 5.41) is 3.61. The van der Waals surface area contributed by atoms with Crippen molar-refractivity contribution in [1.82, 2.24) is 4.57 Å². The number of benzene rings is 2. The van der Waals surface area contributed by atoms with E-state index in [1.165, 1.54) is 0 Å². The molecule has 136 valence electrons. The van der Waals surface area contributed by atoms with E-state index >= 15 is 0 Å². The second-order valence-corrected chi connectivity index (χ2v) is 7.14. The quantitative estimate of drug-likeness (QED) is 0.662. The van der Waals surface area contributed by atoms with E-state index in [0.29, 0.717) is 29.2 Å². The molecule has 27 heavy (non-hydrogen) atoms. The van der Waals surface area contributed by atoms with Crippen molar-refractivity contribution in [3.8, 4) is 0 Å². The van der Waals surface area contributed by atoms with Crippen molar-refractivity contribution in [2.45, 2.75) is 25.8 Å². The normalized spacial score (nSPS) is 15.4. The molecular formula is C22H19ClN2O2. The third-order valence-electron chi connectivity index (χ3n) is 5.12. The van der Waals surface area contributed by atoms with Crippen LogP contribution in [0.3, 0.4) is 0 Å². The lowest BCUT2D eigenvalue weighted by atomic mass is 10.0. The molecule has 1 N–H and O–H groups in total. The Morgan fingerprint density at radius 1 is 1.04 bits per heavy atom. The Morgan fingerprint density at radius 2 is 1.81 bits per heavy atom. The number of nitrogens with one attached hydrogen (secondary N) is 1. The summed E-state index contributed by atoms with van der Waals surface area (Å²) in [6.07, 6.45) is 0.677. The number of rotatable bonds is 4. The predicted molar refractivity (Wildman–Crippen MR) is 106 cm³/mol. The van der Waals surface area contributed by atoms with Crippen LogP contribution in [0.1, 0.15) is 39.6 Å². The van der Waals surface area contributed by atoms with E-state index in [1.807, 2.05) is 66.1 Å². The number of fused-ring (bicyclic) bond motifs is 1. The molecule has 0 bridgehead atoms. The molecule has 0 saturated carbocycles. The summed E-state index contributed by atoms with van der Waals surface area (Å²) < 4.78 is 1.96. The fourth-order valence-corrected chi connectivity index (χ4v) is 3.78. The third kappa shape index (κ3) is 3.17. The first-order valence-electron chi connectivity index (χ1n) is 8.91. The van der Waals surface area contributed by atoms with Crippen LogP contribution in [0, 0.1) is 6.92 Å². The van der Waals surface area contributed by atoms with E-state index in [1.54, 1.807) is 6.07 Å². The van der Waals surface area contributed by atoms with Gasteiger partial charge in [0.15, 0.2) is 0 Å². The first kappa shape index (κ1) is 17.6. The monoisotopic (exact) mass is 378 g/mol. The van der Waals surface area contributed by atoms with E-state index in [4.69, 9.17) is 11.6 Å². The fraction of sp³-hybridized carbons (Fsp3) is 0.182. The Bertz CT molecular complexity index is 1020. The van der Waals surface area contributed by atoms with Gasteiger partial charge in [0.25, 0.3) is 0 Å². The number of carbonyl (C=O) groups excluding carboxylic acids is 2. The van der Waals surface area contributed by atoms with E-state index in [2.05, 4.69) is 5.32 Å². The topological polar surface area (TPSA) is 51.1 Å². The van der Waals surface area contributed by atoms with Crippen LogP contribution in [-0.2, 0) is 11.3 Å². The van der Waals surface area contributed by atoms with Crippen molar-refractivity contribution in [1.29, 1.82) is 0 Å². The molecule has 1 atom stereocenters. The highest BCUT2D eigenvalue weighted by Crippen LogP contribution is 2.33. The van der Waals surface area contributed by atoms with E-state index in [0.717, 1.165) is 16.9 Å². The summed E-state index contributed by atoms with van der Waals surface area (Å²) in [4.78, 5) is 25.6. The lowest BCUT2D eigenvalue weighted by Gasteiger charge is -2.13. The summed E-state index contributed by atoms with van der Waals surface area (Å²) in [6, 6.07) is 18.4. The van der Waals surface area contributed by atoms with Gasteiger partial charge in [-0.2, -0.15) is 0 Å². The van der Waals surface area contributed by atoms with Gasteiger partial charge in [0.1, 0.15) is 0 Å². The van der Waals surface area contributed by atoms with Crippen LogP contribution < -0.4 is 5.32 Å². The molecule has 4 nitrogen and oxygen atoms in total. The summed E-state index contributed by atoms with van der Waals surface area (Å²) >= 11 is 6.14. The highest BCUT2D eigenvalue weighted by atomic mass is 35.5. The first-order valence-corrected chi connectivity index (χ1v) is 9.29. The highest BCUT2D eigenvalue weighted by Gasteiger charge is 2.32. The third-order valence-corrected chi connectivity index (χ3v) is 5.53. The number of carbonyl (C=O) groups is 2. The van der Waals surface area contributed by atoms with Crippen molar-refractivity contribution in [3.63, 3.8) is 0 Å². The first-order chi connectivity index (χ1) is 13.1. The van der Waals surface area contributed by atoms with Gasteiger partial charge in [-0.3, -0.25) is 9.59 Å². The molecule has 1 amide bonds. The van der Waals surface area contributed by atoms with E-state index < -0.39 is 0 Å². The fourth-order valence-electron chi connectivity index (χ4n) is 3.61. The van der Waals surface area contributed by atoms with Crippen LogP contribution in [0.5, 0.6) is 0 Å². The maximum atomic E-state index is 12.8. The Morgan fingerprint density at radius 3 is 2.59 bits per heavy atom. The smallest absolute Gasteiger partial charge is 0.233 e. The number of anilines is 1. The molecule has 1 aliphatic rings. The van der Waals surface area contributed by atoms with Crippen molar-refractivity contribution >= 4 is 29.0 Å². The van der Waals surface area contributed by atoms with Gasteiger partial charge in [-0.25, -0.2) is 0 Å². The van der Waals surface area contributed by atoms with Gasteiger partial charge >= 0.3 is 0 Å². The highest BCUT2D eigenvalue weighted by molar-refractivity contribution is 6.31. The molecule has 1 aliphatic heterocycles. The average molecular weight is 379 g/mol. The second-order valence-electron chi connectivity index (χ2n) is 6.73. The minimum atomic E-state index is -0.277. The molecule has 4 rings (SSSR count). The van der Waals surface area contributed by atoms with E-state index in [9.17, 15) is 9.59 Å². The standard InChI is InChI=1S/C22H19ClN2O2/c1-14-17(23)8-5-9-18(14)24-22(27)16-12-13-25-19(16)10-11-20(25)21(26)15-6-3-2-4-7-15/h2-11,16H,12-13H2,1H3,(H,24,27). The van der Waals surface area contributed by atoms with Crippen LogP contribution in [0.4, 0.5) is 5.69 Å². The molecule has 5 heteroatoms. The number of nitrogens with zero attached hydrogens (tertiary/aromatic N) is 1. The predicted octanol–water partition coefficient (Wildman–Crippen LogP) is 4.81. The van der Waals surface area contributed by atoms with Crippen LogP contribution in [0.15, 0.2) is 60.7 Å². The maximum Gasteiger partial charge on any atom is 0.233 e. The molecule has 2 aromatic carbocycles. The Kier molecular flexibility index (Phi) is 4.58. The number of hydrogen-bond donors (Lipinski definition) is 1. The number of amides is 1. The number of ketones is 1. The molecule has 0 fully saturated rings. The van der Waals surface area contributed by atoms with E-state index in [-0.39, 0.29) is 17.6 Å². The van der Waals surface area contributed by atoms with Gasteiger partial charge in [0.05, 0.1) is 11.6 Å². The lowest BCUT2D eigenvalue weighted by molar-refractivity contribution is -0.117. The van der Waals surface area contributed by atoms with Gasteiger partial charge in [0.2, 0.25) is 11.7 Å². The Labute approximate surface area is 162 Å². The molecule has 0 radical (unpaired) electrons. The number of aromatic nitrogens is 1. The largest absolute Gasteiger partial charge is 0.341 e. The molecular weight excluding hydrogens is 360 g/mol. The number of halogens is 1. The molecule has 1 aromatic heterocycles. The SMILES string of the molecule is Cc1c(Cl)cccc1NC(=O)C1CCn2c(C(=O)c3ccccc3)ccc21. The maximum absolute atomic E-state index is 12.8. The molecule has 1 unspecified atom stereocenters. The summed E-state index contributed by atoms with van der Waals surface area (Å²) in [6.45, 7) is 2.54. The average Bonchev–Trinajstić information content (AvgIpc) is 3.27. The lowest BCUT2D eigenvalue weighted by Crippen LogP contribution is -2.20. The summed E-state index contributed by atoms with van der Waals surface area (Å²) in [5.74, 6) is -0.370.